The van der Waals surface area contributed by atoms with Gasteiger partial charge in [0.1, 0.15) is 10.6 Å². The molecule has 0 N–H and O–H groups in total. The zero-order chi connectivity index (χ0) is 11.5. The second-order valence-corrected chi connectivity index (χ2v) is 5.08. The number of rotatable bonds is 3. The van der Waals surface area contributed by atoms with Crippen molar-refractivity contribution < 1.29 is 13.2 Å². The lowest BCUT2D eigenvalue weighted by Gasteiger charge is -2.07. The molecule has 0 bridgehead atoms. The summed E-state index contributed by atoms with van der Waals surface area (Å²) in [4.78, 5) is 0.145. The van der Waals surface area contributed by atoms with Gasteiger partial charge in [-0.2, -0.15) is 5.26 Å². The third-order valence-corrected chi connectivity index (χ3v) is 3.05. The summed E-state index contributed by atoms with van der Waals surface area (Å²) in [7, 11) is -1.88. The maximum atomic E-state index is 11.3. The van der Waals surface area contributed by atoms with Crippen LogP contribution in [-0.2, 0) is 16.3 Å². The van der Waals surface area contributed by atoms with E-state index >= 15 is 0 Å². The molecule has 1 aromatic rings. The minimum absolute atomic E-state index is 0.145. The van der Waals surface area contributed by atoms with Crippen LogP contribution in [0.1, 0.15) is 5.56 Å². The maximum absolute atomic E-state index is 11.3. The van der Waals surface area contributed by atoms with E-state index in [0.29, 0.717) is 0 Å². The van der Waals surface area contributed by atoms with Crippen LogP contribution in [0, 0.1) is 11.3 Å². The molecule has 0 aliphatic heterocycles. The molecule has 0 saturated carbocycles. The van der Waals surface area contributed by atoms with E-state index in [0.717, 1.165) is 11.8 Å². The number of benzene rings is 1. The fraction of sp³-hybridized carbons (Fsp3) is 0.300. The number of nitrogens with zero attached hydrogens (tertiary/aromatic N) is 1. The lowest BCUT2D eigenvalue weighted by Crippen LogP contribution is -2.01. The van der Waals surface area contributed by atoms with Crippen molar-refractivity contribution in [2.45, 2.75) is 11.3 Å². The molecular weight excluding hydrogens is 214 g/mol. The van der Waals surface area contributed by atoms with Crippen LogP contribution in [0.3, 0.4) is 0 Å². The minimum atomic E-state index is -3.29. The predicted octanol–water partition coefficient (Wildman–Crippen LogP) is 1.16. The lowest BCUT2D eigenvalue weighted by molar-refractivity contribution is 0.402. The monoisotopic (exact) mass is 225 g/mol. The molecule has 1 rings (SSSR count). The summed E-state index contributed by atoms with van der Waals surface area (Å²) in [6.07, 6.45) is 1.36. The first-order valence-electron chi connectivity index (χ1n) is 4.23. The lowest BCUT2D eigenvalue weighted by atomic mass is 10.1. The number of hydrogen-bond acceptors (Lipinski definition) is 4. The number of sulfone groups is 1. The minimum Gasteiger partial charge on any atom is -0.495 e. The summed E-state index contributed by atoms with van der Waals surface area (Å²) >= 11 is 0. The van der Waals surface area contributed by atoms with Crippen LogP contribution < -0.4 is 4.74 Å². The zero-order valence-electron chi connectivity index (χ0n) is 8.52. The first-order valence-corrected chi connectivity index (χ1v) is 6.12. The molecule has 1 aromatic carbocycles. The molecule has 0 spiro atoms. The molecule has 0 heterocycles. The number of nitriles is 1. The summed E-state index contributed by atoms with van der Waals surface area (Å²) in [5.74, 6) is 0.283. The van der Waals surface area contributed by atoms with Gasteiger partial charge in [0.2, 0.25) is 0 Å². The Kier molecular flexibility index (Phi) is 3.32. The molecule has 0 aliphatic rings. The maximum Gasteiger partial charge on any atom is 0.179 e. The highest BCUT2D eigenvalue weighted by Gasteiger charge is 2.14. The van der Waals surface area contributed by atoms with Crippen LogP contribution in [0.5, 0.6) is 5.75 Å². The Hall–Kier alpha value is -1.54. The second-order valence-electron chi connectivity index (χ2n) is 3.09. The molecule has 0 amide bonds. The molecule has 5 heteroatoms. The van der Waals surface area contributed by atoms with E-state index in [2.05, 4.69) is 0 Å². The van der Waals surface area contributed by atoms with Gasteiger partial charge >= 0.3 is 0 Å². The molecule has 0 unspecified atom stereocenters. The van der Waals surface area contributed by atoms with Crippen LogP contribution in [-0.4, -0.2) is 21.8 Å². The van der Waals surface area contributed by atoms with Crippen molar-refractivity contribution >= 4 is 9.84 Å². The fourth-order valence-electron chi connectivity index (χ4n) is 1.22. The molecule has 0 fully saturated rings. The van der Waals surface area contributed by atoms with E-state index in [1.807, 2.05) is 6.07 Å². The van der Waals surface area contributed by atoms with Crippen LogP contribution >= 0.6 is 0 Å². The summed E-state index contributed by atoms with van der Waals surface area (Å²) < 4.78 is 27.6. The highest BCUT2D eigenvalue weighted by Crippen LogP contribution is 2.24. The van der Waals surface area contributed by atoms with Gasteiger partial charge < -0.3 is 4.74 Å². The van der Waals surface area contributed by atoms with Crippen molar-refractivity contribution in [2.24, 2.45) is 0 Å². The quantitative estimate of drug-likeness (QED) is 0.774. The highest BCUT2D eigenvalue weighted by molar-refractivity contribution is 7.90. The zero-order valence-corrected chi connectivity index (χ0v) is 9.34. The largest absolute Gasteiger partial charge is 0.495 e. The van der Waals surface area contributed by atoms with Gasteiger partial charge in [-0.1, -0.05) is 6.07 Å². The molecule has 4 nitrogen and oxygen atoms in total. The first-order chi connectivity index (χ1) is 6.99. The summed E-state index contributed by atoms with van der Waals surface area (Å²) in [6, 6.07) is 6.63. The van der Waals surface area contributed by atoms with E-state index in [9.17, 15) is 8.42 Å². The van der Waals surface area contributed by atoms with Gasteiger partial charge in [0.25, 0.3) is 0 Å². The fourth-order valence-corrected chi connectivity index (χ4v) is 2.04. The Morgan fingerprint density at radius 1 is 1.47 bits per heavy atom. The summed E-state index contributed by atoms with van der Waals surface area (Å²) in [5.41, 5.74) is 0.738. The average Bonchev–Trinajstić information content (AvgIpc) is 2.16. The van der Waals surface area contributed by atoms with Crippen molar-refractivity contribution in [3.63, 3.8) is 0 Å². The molecule has 80 valence electrons. The number of hydrogen-bond donors (Lipinski definition) is 0. The number of ether oxygens (including phenoxy) is 1. The van der Waals surface area contributed by atoms with E-state index in [-0.39, 0.29) is 17.1 Å². The average molecular weight is 225 g/mol. The summed E-state index contributed by atoms with van der Waals surface area (Å²) in [5, 5.41) is 8.50. The molecule has 0 aromatic heterocycles. The van der Waals surface area contributed by atoms with Crippen molar-refractivity contribution in [3.05, 3.63) is 23.8 Å². The molecule has 0 radical (unpaired) electrons. The SMILES string of the molecule is COc1cc(CC#N)ccc1S(C)(=O)=O. The Labute approximate surface area is 89.0 Å². The van der Waals surface area contributed by atoms with Gasteiger partial charge in [0.05, 0.1) is 19.6 Å². The van der Waals surface area contributed by atoms with Crippen LogP contribution in [0.4, 0.5) is 0 Å². The van der Waals surface area contributed by atoms with E-state index in [1.54, 1.807) is 12.1 Å². The van der Waals surface area contributed by atoms with Gasteiger partial charge in [-0.05, 0) is 17.7 Å². The van der Waals surface area contributed by atoms with Crippen LogP contribution in [0.25, 0.3) is 0 Å². The third-order valence-electron chi connectivity index (χ3n) is 1.91. The van der Waals surface area contributed by atoms with Crippen molar-refractivity contribution in [1.29, 1.82) is 5.26 Å². The molecule has 0 atom stereocenters. The standard InChI is InChI=1S/C10H11NO3S/c1-14-9-7-8(5-6-11)3-4-10(9)15(2,12)13/h3-4,7H,5H2,1-2H3. The third kappa shape index (κ3) is 2.70. The second kappa shape index (κ2) is 4.32. The van der Waals surface area contributed by atoms with E-state index in [1.165, 1.54) is 13.2 Å². The highest BCUT2D eigenvalue weighted by atomic mass is 32.2. The summed E-state index contributed by atoms with van der Waals surface area (Å²) in [6.45, 7) is 0. The van der Waals surface area contributed by atoms with Crippen molar-refractivity contribution in [1.82, 2.24) is 0 Å². The van der Waals surface area contributed by atoms with Gasteiger partial charge in [-0.15, -0.1) is 0 Å². The Bertz CT molecular complexity index is 500. The van der Waals surface area contributed by atoms with Gasteiger partial charge in [-0.3, -0.25) is 0 Å². The van der Waals surface area contributed by atoms with Gasteiger partial charge in [0.15, 0.2) is 9.84 Å². The normalized spacial score (nSPS) is 10.7. The van der Waals surface area contributed by atoms with Crippen LogP contribution in [0.2, 0.25) is 0 Å². The predicted molar refractivity (Wildman–Crippen MR) is 55.4 cm³/mol. The number of methoxy groups -OCH3 is 1. The first kappa shape index (κ1) is 11.5. The van der Waals surface area contributed by atoms with E-state index < -0.39 is 9.84 Å². The molecular formula is C10H11NO3S. The van der Waals surface area contributed by atoms with Gasteiger partial charge in [0, 0.05) is 6.26 Å². The molecule has 15 heavy (non-hydrogen) atoms. The topological polar surface area (TPSA) is 67.2 Å². The van der Waals surface area contributed by atoms with Gasteiger partial charge in [-0.25, -0.2) is 8.42 Å². The van der Waals surface area contributed by atoms with Crippen molar-refractivity contribution in [3.8, 4) is 11.8 Å². The Morgan fingerprint density at radius 2 is 2.13 bits per heavy atom. The molecule has 0 saturated heterocycles. The van der Waals surface area contributed by atoms with Crippen LogP contribution in [0.15, 0.2) is 23.1 Å². The van der Waals surface area contributed by atoms with E-state index in [4.69, 9.17) is 10.00 Å². The Balaban J connectivity index is 3.29. The van der Waals surface area contributed by atoms with Crippen molar-refractivity contribution in [2.75, 3.05) is 13.4 Å². The molecule has 0 aliphatic carbocycles. The Morgan fingerprint density at radius 3 is 2.60 bits per heavy atom. The smallest absolute Gasteiger partial charge is 0.179 e.